The lowest BCUT2D eigenvalue weighted by atomic mass is 10.2. The Kier molecular flexibility index (Phi) is 6.08. The first-order valence-corrected chi connectivity index (χ1v) is 7.48. The minimum atomic E-state index is -3.76. The van der Waals surface area contributed by atoms with E-state index in [1.807, 2.05) is 4.90 Å². The van der Waals surface area contributed by atoms with E-state index in [-0.39, 0.29) is 23.7 Å². The van der Waals surface area contributed by atoms with Gasteiger partial charge in [0.2, 0.25) is 10.0 Å². The van der Waals surface area contributed by atoms with E-state index >= 15 is 0 Å². The molecule has 0 aliphatic heterocycles. The van der Waals surface area contributed by atoms with Crippen LogP contribution in [0.15, 0.2) is 29.2 Å². The summed E-state index contributed by atoms with van der Waals surface area (Å²) in [6.07, 6.45) is 0. The Morgan fingerprint density at radius 1 is 1.30 bits per heavy atom. The molecule has 20 heavy (non-hydrogen) atoms. The van der Waals surface area contributed by atoms with E-state index in [9.17, 15) is 13.2 Å². The molecule has 0 spiro atoms. The number of aliphatic hydroxyl groups excluding tert-OH is 1. The van der Waals surface area contributed by atoms with Crippen molar-refractivity contribution < 1.29 is 23.1 Å². The van der Waals surface area contributed by atoms with Crippen LogP contribution in [-0.4, -0.2) is 57.7 Å². The predicted molar refractivity (Wildman–Crippen MR) is 72.7 cm³/mol. The molecule has 1 aromatic carbocycles. The van der Waals surface area contributed by atoms with Crippen molar-refractivity contribution >= 4 is 16.0 Å². The second-order valence-corrected chi connectivity index (χ2v) is 5.79. The van der Waals surface area contributed by atoms with Gasteiger partial charge in [0.25, 0.3) is 0 Å². The summed E-state index contributed by atoms with van der Waals surface area (Å²) < 4.78 is 27.1. The second-order valence-electron chi connectivity index (χ2n) is 4.23. The van der Waals surface area contributed by atoms with Crippen LogP contribution in [0.5, 0.6) is 0 Å². The summed E-state index contributed by atoms with van der Waals surface area (Å²) in [5.74, 6) is -0.539. The number of hydrogen-bond donors (Lipinski definition) is 2. The molecule has 0 atom stereocenters. The first kappa shape index (κ1) is 16.6. The Morgan fingerprint density at radius 2 is 1.90 bits per heavy atom. The van der Waals surface area contributed by atoms with Crippen molar-refractivity contribution in [2.45, 2.75) is 4.90 Å². The summed E-state index contributed by atoms with van der Waals surface area (Å²) in [4.78, 5) is 13.4. The topological polar surface area (TPSA) is 110 Å². The highest BCUT2D eigenvalue weighted by molar-refractivity contribution is 7.89. The van der Waals surface area contributed by atoms with E-state index in [2.05, 4.69) is 0 Å². The normalized spacial score (nSPS) is 11.6. The molecule has 8 heteroatoms. The largest absolute Gasteiger partial charge is 0.461 e. The van der Waals surface area contributed by atoms with Gasteiger partial charge in [-0.05, 0) is 31.3 Å². The number of nitrogens with two attached hydrogens (primary N) is 1. The van der Waals surface area contributed by atoms with Crippen molar-refractivity contribution in [1.29, 1.82) is 0 Å². The molecule has 0 fully saturated rings. The summed E-state index contributed by atoms with van der Waals surface area (Å²) in [6.45, 7) is 1.23. The molecule has 0 heterocycles. The highest BCUT2D eigenvalue weighted by atomic mass is 32.2. The van der Waals surface area contributed by atoms with Crippen LogP contribution in [0.4, 0.5) is 0 Å². The highest BCUT2D eigenvalue weighted by Gasteiger charge is 2.11. The molecule has 0 aromatic heterocycles. The predicted octanol–water partition coefficient (Wildman–Crippen LogP) is -0.585. The van der Waals surface area contributed by atoms with E-state index in [1.165, 1.54) is 24.3 Å². The van der Waals surface area contributed by atoms with Crippen LogP contribution in [0.25, 0.3) is 0 Å². The molecule has 0 saturated heterocycles. The fraction of sp³-hybridized carbons (Fsp3) is 0.417. The number of esters is 1. The van der Waals surface area contributed by atoms with Gasteiger partial charge in [0.1, 0.15) is 6.61 Å². The lowest BCUT2D eigenvalue weighted by Crippen LogP contribution is -2.27. The molecule has 0 aliphatic rings. The summed E-state index contributed by atoms with van der Waals surface area (Å²) in [6, 6.07) is 5.20. The highest BCUT2D eigenvalue weighted by Crippen LogP contribution is 2.09. The summed E-state index contributed by atoms with van der Waals surface area (Å²) >= 11 is 0. The average Bonchev–Trinajstić information content (AvgIpc) is 2.38. The maximum absolute atomic E-state index is 11.7. The molecule has 0 radical (unpaired) electrons. The fourth-order valence-corrected chi connectivity index (χ4v) is 1.96. The van der Waals surface area contributed by atoms with Crippen molar-refractivity contribution in [3.8, 4) is 0 Å². The molecule has 0 saturated carbocycles. The van der Waals surface area contributed by atoms with Gasteiger partial charge in [-0.25, -0.2) is 18.4 Å². The molecule has 0 bridgehead atoms. The number of likely N-dealkylation sites (N-methyl/N-ethyl adjacent to an activating group) is 1. The molecule has 1 rings (SSSR count). The third-order valence-electron chi connectivity index (χ3n) is 2.61. The van der Waals surface area contributed by atoms with Gasteiger partial charge in [-0.2, -0.15) is 0 Å². The van der Waals surface area contributed by atoms with Crippen LogP contribution in [0.1, 0.15) is 10.4 Å². The number of hydrogen-bond acceptors (Lipinski definition) is 6. The molecule has 112 valence electrons. The molecule has 0 unspecified atom stereocenters. The van der Waals surface area contributed by atoms with Gasteiger partial charge < -0.3 is 14.7 Å². The first-order valence-electron chi connectivity index (χ1n) is 5.94. The Labute approximate surface area is 118 Å². The minimum Gasteiger partial charge on any atom is -0.461 e. The Morgan fingerprint density at radius 3 is 2.40 bits per heavy atom. The van der Waals surface area contributed by atoms with Gasteiger partial charge in [0.05, 0.1) is 17.1 Å². The summed E-state index contributed by atoms with van der Waals surface area (Å²) in [5, 5.41) is 13.7. The number of sulfonamides is 1. The quantitative estimate of drug-likeness (QED) is 0.652. The van der Waals surface area contributed by atoms with E-state index in [0.29, 0.717) is 13.1 Å². The average molecular weight is 302 g/mol. The number of nitrogens with zero attached hydrogens (tertiary/aromatic N) is 1. The molecule has 3 N–H and O–H groups in total. The van der Waals surface area contributed by atoms with Gasteiger partial charge in [-0.15, -0.1) is 0 Å². The monoisotopic (exact) mass is 302 g/mol. The standard InChI is InChI=1S/C12H18N2O5S/c1-14(6-8-15)7-9-19-12(16)10-2-4-11(5-3-10)20(13,17)18/h2-5,15H,6-9H2,1H3,(H2,13,17,18). The SMILES string of the molecule is CN(CCO)CCOC(=O)c1ccc(S(N)(=O)=O)cc1. The second kappa shape index (κ2) is 7.34. The van der Waals surface area contributed by atoms with Crippen LogP contribution in [-0.2, 0) is 14.8 Å². The third-order valence-corrected chi connectivity index (χ3v) is 3.54. The minimum absolute atomic E-state index is 0.0411. The zero-order valence-electron chi connectivity index (χ0n) is 11.2. The van der Waals surface area contributed by atoms with Gasteiger partial charge >= 0.3 is 5.97 Å². The lowest BCUT2D eigenvalue weighted by Gasteiger charge is -2.14. The van der Waals surface area contributed by atoms with Crippen molar-refractivity contribution in [2.24, 2.45) is 5.14 Å². The number of rotatable bonds is 7. The molecular formula is C12H18N2O5S. The van der Waals surface area contributed by atoms with E-state index in [4.69, 9.17) is 15.0 Å². The molecular weight excluding hydrogens is 284 g/mol. The van der Waals surface area contributed by atoms with Crippen LogP contribution in [0, 0.1) is 0 Å². The van der Waals surface area contributed by atoms with Crippen LogP contribution >= 0.6 is 0 Å². The summed E-state index contributed by atoms with van der Waals surface area (Å²) in [5.41, 5.74) is 0.252. The van der Waals surface area contributed by atoms with E-state index in [1.54, 1.807) is 7.05 Å². The Balaban J connectivity index is 2.52. The number of carbonyl (C=O) groups excluding carboxylic acids is 1. The van der Waals surface area contributed by atoms with Crippen molar-refractivity contribution in [1.82, 2.24) is 4.90 Å². The van der Waals surface area contributed by atoms with Gasteiger partial charge in [0, 0.05) is 13.1 Å². The molecule has 7 nitrogen and oxygen atoms in total. The molecule has 1 aromatic rings. The Hall–Kier alpha value is -1.48. The van der Waals surface area contributed by atoms with Crippen molar-refractivity contribution in [3.63, 3.8) is 0 Å². The first-order chi connectivity index (χ1) is 9.34. The van der Waals surface area contributed by atoms with Gasteiger partial charge in [-0.1, -0.05) is 0 Å². The van der Waals surface area contributed by atoms with Crippen molar-refractivity contribution in [2.75, 3.05) is 33.4 Å². The maximum atomic E-state index is 11.7. The number of carbonyl (C=O) groups is 1. The number of benzene rings is 1. The van der Waals surface area contributed by atoms with Crippen molar-refractivity contribution in [3.05, 3.63) is 29.8 Å². The zero-order valence-corrected chi connectivity index (χ0v) is 12.0. The number of aliphatic hydroxyl groups is 1. The maximum Gasteiger partial charge on any atom is 0.338 e. The lowest BCUT2D eigenvalue weighted by molar-refractivity contribution is 0.0467. The molecule has 0 aliphatic carbocycles. The van der Waals surface area contributed by atoms with Crippen LogP contribution < -0.4 is 5.14 Å². The fourth-order valence-electron chi connectivity index (χ4n) is 1.44. The zero-order chi connectivity index (χ0) is 15.2. The number of primary sulfonamides is 1. The van der Waals surface area contributed by atoms with Gasteiger partial charge in [0.15, 0.2) is 0 Å². The van der Waals surface area contributed by atoms with E-state index in [0.717, 1.165) is 0 Å². The Bertz CT molecular complexity index is 541. The third kappa shape index (κ3) is 5.25. The van der Waals surface area contributed by atoms with Crippen LogP contribution in [0.2, 0.25) is 0 Å². The van der Waals surface area contributed by atoms with E-state index < -0.39 is 16.0 Å². The van der Waals surface area contributed by atoms with Gasteiger partial charge in [-0.3, -0.25) is 0 Å². The van der Waals surface area contributed by atoms with Crippen LogP contribution in [0.3, 0.4) is 0 Å². The molecule has 0 amide bonds. The number of ether oxygens (including phenoxy) is 1. The summed E-state index contributed by atoms with van der Waals surface area (Å²) in [7, 11) is -1.97. The smallest absolute Gasteiger partial charge is 0.338 e.